The number of carbonyl (C=O) groups excluding carboxylic acids is 1. The molecule has 0 aliphatic carbocycles. The summed E-state index contributed by atoms with van der Waals surface area (Å²) < 4.78 is 0. The molecule has 0 radical (unpaired) electrons. The van der Waals surface area contributed by atoms with Gasteiger partial charge in [0.25, 0.3) is 5.69 Å². The zero-order valence-electron chi connectivity index (χ0n) is 17.2. The topological polar surface area (TPSA) is 104 Å². The van der Waals surface area contributed by atoms with Gasteiger partial charge in [0, 0.05) is 56.4 Å². The van der Waals surface area contributed by atoms with Gasteiger partial charge in [-0.2, -0.15) is 0 Å². The fourth-order valence-electron chi connectivity index (χ4n) is 4.32. The largest absolute Gasteiger partial charge is 0.364 e. The van der Waals surface area contributed by atoms with Crippen molar-refractivity contribution >= 4 is 23.1 Å². The number of piperazine rings is 1. The number of nitro groups is 1. The van der Waals surface area contributed by atoms with Gasteiger partial charge in [-0.1, -0.05) is 13.8 Å². The summed E-state index contributed by atoms with van der Waals surface area (Å²) >= 11 is 0. The molecular formula is C21H26N6O3. The first-order valence-electron chi connectivity index (χ1n) is 10.3. The number of amides is 1. The summed E-state index contributed by atoms with van der Waals surface area (Å²) in [7, 11) is 0. The minimum atomic E-state index is -0.383. The second-order valence-corrected chi connectivity index (χ2v) is 8.29. The van der Waals surface area contributed by atoms with Crippen LogP contribution in [-0.2, 0) is 11.2 Å². The Bertz CT molecular complexity index is 936. The lowest BCUT2D eigenvalue weighted by molar-refractivity contribution is -0.384. The normalized spacial score (nSPS) is 20.5. The second kappa shape index (κ2) is 8.25. The minimum Gasteiger partial charge on any atom is -0.364 e. The number of nitro benzene ring substituents is 1. The fourth-order valence-corrected chi connectivity index (χ4v) is 4.32. The lowest BCUT2D eigenvalue weighted by Crippen LogP contribution is -2.61. The maximum atomic E-state index is 13.1. The molecule has 3 heterocycles. The average Bonchev–Trinajstić information content (AvgIpc) is 2.76. The van der Waals surface area contributed by atoms with E-state index in [-0.39, 0.29) is 28.5 Å². The molecule has 2 aromatic rings. The number of nitrogens with one attached hydrogen (secondary N) is 1. The van der Waals surface area contributed by atoms with Crippen LogP contribution in [0, 0.1) is 22.0 Å². The van der Waals surface area contributed by atoms with Gasteiger partial charge in [0.1, 0.15) is 5.82 Å². The summed E-state index contributed by atoms with van der Waals surface area (Å²) in [4.78, 5) is 37.0. The van der Waals surface area contributed by atoms with Crippen LogP contribution in [0.2, 0.25) is 0 Å². The van der Waals surface area contributed by atoms with Crippen LogP contribution in [0.25, 0.3) is 0 Å². The van der Waals surface area contributed by atoms with E-state index in [4.69, 9.17) is 0 Å². The molecule has 1 amide bonds. The minimum absolute atomic E-state index is 0.00291. The predicted molar refractivity (Wildman–Crippen MR) is 114 cm³/mol. The van der Waals surface area contributed by atoms with Gasteiger partial charge in [0.15, 0.2) is 0 Å². The Morgan fingerprint density at radius 2 is 2.17 bits per heavy atom. The van der Waals surface area contributed by atoms with Crippen molar-refractivity contribution in [3.63, 3.8) is 0 Å². The molecule has 2 aliphatic heterocycles. The van der Waals surface area contributed by atoms with E-state index in [1.165, 1.54) is 0 Å². The van der Waals surface area contributed by atoms with Crippen LogP contribution in [-0.4, -0.2) is 53.0 Å². The fraction of sp³-hybridized carbons (Fsp3) is 0.476. The molecule has 1 fully saturated rings. The van der Waals surface area contributed by atoms with E-state index >= 15 is 0 Å². The highest BCUT2D eigenvalue weighted by Gasteiger charge is 2.42. The van der Waals surface area contributed by atoms with E-state index in [0.717, 1.165) is 23.6 Å². The van der Waals surface area contributed by atoms with E-state index < -0.39 is 0 Å². The van der Waals surface area contributed by atoms with Crippen LogP contribution in [0.1, 0.15) is 19.4 Å². The quantitative estimate of drug-likeness (QED) is 0.594. The highest BCUT2D eigenvalue weighted by atomic mass is 16.6. The number of fused-ring (bicyclic) bond motifs is 3. The molecule has 0 saturated carbocycles. The summed E-state index contributed by atoms with van der Waals surface area (Å²) in [6, 6.07) is 4.94. The van der Waals surface area contributed by atoms with Gasteiger partial charge in [0.05, 0.1) is 23.1 Å². The molecule has 4 rings (SSSR count). The standard InChI is InChI=1S/C21H26N6O3/c1-14(2)11-24-21(28)17-10-15-9-16(27(29)30)3-4-18(15)26-8-7-25(13-19(17)26)20-12-22-5-6-23-20/h3-6,9,12,14,17,19H,7-8,10-11,13H2,1-2H3,(H,24,28)/t17-,19+/m0/s1. The van der Waals surface area contributed by atoms with E-state index in [9.17, 15) is 14.9 Å². The molecule has 0 unspecified atom stereocenters. The highest BCUT2D eigenvalue weighted by Crippen LogP contribution is 2.38. The van der Waals surface area contributed by atoms with Crippen molar-refractivity contribution in [3.8, 4) is 0 Å². The van der Waals surface area contributed by atoms with Crippen LogP contribution in [0.4, 0.5) is 17.2 Å². The Hall–Kier alpha value is -3.23. The van der Waals surface area contributed by atoms with Crippen molar-refractivity contribution in [2.75, 3.05) is 36.0 Å². The van der Waals surface area contributed by atoms with Crippen molar-refractivity contribution in [2.24, 2.45) is 11.8 Å². The van der Waals surface area contributed by atoms with Crippen molar-refractivity contribution in [3.05, 3.63) is 52.5 Å². The van der Waals surface area contributed by atoms with Gasteiger partial charge in [-0.3, -0.25) is 19.9 Å². The monoisotopic (exact) mass is 410 g/mol. The second-order valence-electron chi connectivity index (χ2n) is 8.29. The zero-order chi connectivity index (χ0) is 21.3. The van der Waals surface area contributed by atoms with Gasteiger partial charge in [-0.05, 0) is 24.0 Å². The average molecular weight is 410 g/mol. The smallest absolute Gasteiger partial charge is 0.269 e. The SMILES string of the molecule is CC(C)CNC(=O)[C@H]1Cc2cc([N+](=O)[O-])ccc2N2CCN(c3cnccn3)C[C@H]12. The van der Waals surface area contributed by atoms with Crippen molar-refractivity contribution < 1.29 is 9.72 Å². The third kappa shape index (κ3) is 3.92. The van der Waals surface area contributed by atoms with Gasteiger partial charge < -0.3 is 15.1 Å². The molecule has 0 bridgehead atoms. The third-order valence-corrected chi connectivity index (χ3v) is 5.80. The van der Waals surface area contributed by atoms with Crippen molar-refractivity contribution in [2.45, 2.75) is 26.3 Å². The summed E-state index contributed by atoms with van der Waals surface area (Å²) in [6.07, 6.45) is 5.54. The third-order valence-electron chi connectivity index (χ3n) is 5.80. The number of carbonyl (C=O) groups is 1. The maximum absolute atomic E-state index is 13.1. The molecule has 9 nitrogen and oxygen atoms in total. The molecule has 0 spiro atoms. The van der Waals surface area contributed by atoms with Crippen molar-refractivity contribution in [1.29, 1.82) is 0 Å². The number of rotatable bonds is 5. The first-order chi connectivity index (χ1) is 14.4. The zero-order valence-corrected chi connectivity index (χ0v) is 17.2. The Morgan fingerprint density at radius 1 is 1.33 bits per heavy atom. The van der Waals surface area contributed by atoms with Gasteiger partial charge in [0.2, 0.25) is 5.91 Å². The molecule has 158 valence electrons. The van der Waals surface area contributed by atoms with Crippen LogP contribution < -0.4 is 15.1 Å². The molecule has 2 aliphatic rings. The number of benzene rings is 1. The Labute approximate surface area is 175 Å². The summed E-state index contributed by atoms with van der Waals surface area (Å²) in [5.74, 6) is 0.854. The highest BCUT2D eigenvalue weighted by molar-refractivity contribution is 5.82. The van der Waals surface area contributed by atoms with Gasteiger partial charge in [-0.25, -0.2) is 4.98 Å². The van der Waals surface area contributed by atoms with E-state index in [1.54, 1.807) is 30.7 Å². The first-order valence-corrected chi connectivity index (χ1v) is 10.3. The summed E-state index contributed by atoms with van der Waals surface area (Å²) in [6.45, 7) is 6.82. The molecule has 1 N–H and O–H groups in total. The van der Waals surface area contributed by atoms with E-state index in [2.05, 4.69) is 38.9 Å². The lowest BCUT2D eigenvalue weighted by Gasteiger charge is -2.49. The Morgan fingerprint density at radius 3 is 2.87 bits per heavy atom. The predicted octanol–water partition coefficient (Wildman–Crippen LogP) is 2.02. The molecule has 30 heavy (non-hydrogen) atoms. The number of hydrogen-bond acceptors (Lipinski definition) is 7. The molecular weight excluding hydrogens is 384 g/mol. The number of non-ortho nitro benzene ring substituents is 1. The number of anilines is 2. The Kier molecular flexibility index (Phi) is 5.52. The number of hydrogen-bond donors (Lipinski definition) is 1. The molecule has 1 saturated heterocycles. The van der Waals surface area contributed by atoms with Crippen LogP contribution in [0.15, 0.2) is 36.8 Å². The molecule has 1 aromatic heterocycles. The van der Waals surface area contributed by atoms with E-state index in [1.807, 2.05) is 6.07 Å². The van der Waals surface area contributed by atoms with Crippen LogP contribution in [0.5, 0.6) is 0 Å². The van der Waals surface area contributed by atoms with Gasteiger partial charge in [-0.15, -0.1) is 0 Å². The molecule has 1 aromatic carbocycles. The first kappa shape index (κ1) is 20.1. The maximum Gasteiger partial charge on any atom is 0.269 e. The Balaban J connectivity index is 1.66. The van der Waals surface area contributed by atoms with Gasteiger partial charge >= 0.3 is 0 Å². The van der Waals surface area contributed by atoms with Crippen molar-refractivity contribution in [1.82, 2.24) is 15.3 Å². The molecule has 2 atom stereocenters. The van der Waals surface area contributed by atoms with E-state index in [0.29, 0.717) is 32.0 Å². The summed E-state index contributed by atoms with van der Waals surface area (Å²) in [5.41, 5.74) is 1.90. The number of aromatic nitrogens is 2. The summed E-state index contributed by atoms with van der Waals surface area (Å²) in [5, 5.41) is 14.3. The van der Waals surface area contributed by atoms with Crippen LogP contribution >= 0.6 is 0 Å². The molecule has 9 heteroatoms. The number of nitrogens with zero attached hydrogens (tertiary/aromatic N) is 5. The lowest BCUT2D eigenvalue weighted by atomic mass is 9.83. The van der Waals surface area contributed by atoms with Crippen LogP contribution in [0.3, 0.4) is 0 Å².